The van der Waals surface area contributed by atoms with Gasteiger partial charge in [-0.25, -0.2) is 0 Å². The van der Waals surface area contributed by atoms with E-state index in [0.29, 0.717) is 5.92 Å². The van der Waals surface area contributed by atoms with Crippen molar-refractivity contribution in [2.75, 3.05) is 27.2 Å². The minimum absolute atomic E-state index is 0.208. The van der Waals surface area contributed by atoms with Crippen LogP contribution in [-0.4, -0.2) is 48.0 Å². The zero-order valence-corrected chi connectivity index (χ0v) is 18.5. The number of piperidine rings is 1. The maximum Gasteiger partial charge on any atom is 0.0456 e. The Morgan fingerprint density at radius 1 is 0.867 bits per heavy atom. The van der Waals surface area contributed by atoms with Crippen LogP contribution in [0, 0.1) is 0 Å². The third kappa shape index (κ3) is 3.48. The molecule has 5 rings (SSSR count). The predicted molar refractivity (Wildman–Crippen MR) is 126 cm³/mol. The fourth-order valence-electron chi connectivity index (χ4n) is 6.20. The van der Waals surface area contributed by atoms with E-state index < -0.39 is 0 Å². The van der Waals surface area contributed by atoms with Crippen molar-refractivity contribution in [3.8, 4) is 0 Å². The van der Waals surface area contributed by atoms with Gasteiger partial charge in [0, 0.05) is 28.7 Å². The highest BCUT2D eigenvalue weighted by atomic mass is 15.2. The number of likely N-dealkylation sites (tertiary alicyclic amines) is 1. The second-order valence-electron chi connectivity index (χ2n) is 9.62. The number of hydrogen-bond donors (Lipinski definition) is 1. The molecule has 2 heterocycles. The first-order valence-electron chi connectivity index (χ1n) is 11.7. The number of nitrogens with one attached hydrogen (secondary N) is 1. The van der Waals surface area contributed by atoms with Crippen molar-refractivity contribution in [3.05, 3.63) is 71.9 Å². The Labute approximate surface area is 181 Å². The largest absolute Gasteiger partial charge is 0.361 e. The number of para-hydroxylation sites is 1. The van der Waals surface area contributed by atoms with Crippen molar-refractivity contribution in [2.45, 2.75) is 56.0 Å². The molecule has 0 amide bonds. The number of H-pyrrole nitrogens is 1. The second kappa shape index (κ2) is 8.20. The minimum Gasteiger partial charge on any atom is -0.361 e. The SMILES string of the molecule is CN(C)C1(c2ccccc2)CCC(N2CCC(c3c[nH]c4ccccc34)CC2)CC1. The maximum absolute atomic E-state index is 3.48. The average Bonchev–Trinajstić information content (AvgIpc) is 3.24. The molecule has 1 aromatic heterocycles. The Balaban J connectivity index is 1.23. The highest BCUT2D eigenvalue weighted by Gasteiger charge is 2.40. The van der Waals surface area contributed by atoms with Gasteiger partial charge in [0.2, 0.25) is 0 Å². The summed E-state index contributed by atoms with van der Waals surface area (Å²) >= 11 is 0. The summed E-state index contributed by atoms with van der Waals surface area (Å²) in [5.74, 6) is 0.700. The molecular weight excluding hydrogens is 366 g/mol. The number of fused-ring (bicyclic) bond motifs is 1. The lowest BCUT2D eigenvalue weighted by molar-refractivity contribution is 0.0401. The Morgan fingerprint density at radius 3 is 2.23 bits per heavy atom. The van der Waals surface area contributed by atoms with E-state index >= 15 is 0 Å². The third-order valence-electron chi connectivity index (χ3n) is 8.06. The molecule has 158 valence electrons. The van der Waals surface area contributed by atoms with Crippen molar-refractivity contribution in [3.63, 3.8) is 0 Å². The molecular formula is C27H35N3. The van der Waals surface area contributed by atoms with Gasteiger partial charge in [-0.05, 0) is 88.8 Å². The number of hydrogen-bond acceptors (Lipinski definition) is 2. The number of aromatic amines is 1. The molecule has 2 fully saturated rings. The summed E-state index contributed by atoms with van der Waals surface area (Å²) < 4.78 is 0. The van der Waals surface area contributed by atoms with Gasteiger partial charge in [-0.2, -0.15) is 0 Å². The van der Waals surface area contributed by atoms with Crippen LogP contribution >= 0.6 is 0 Å². The zero-order valence-electron chi connectivity index (χ0n) is 18.5. The van der Waals surface area contributed by atoms with Crippen LogP contribution in [0.25, 0.3) is 10.9 Å². The van der Waals surface area contributed by atoms with Crippen LogP contribution in [0.5, 0.6) is 0 Å². The Bertz CT molecular complexity index is 958. The van der Waals surface area contributed by atoms with Gasteiger partial charge in [0.15, 0.2) is 0 Å². The van der Waals surface area contributed by atoms with Crippen LogP contribution in [0.2, 0.25) is 0 Å². The van der Waals surface area contributed by atoms with Gasteiger partial charge in [-0.15, -0.1) is 0 Å². The molecule has 0 atom stereocenters. The highest BCUT2D eigenvalue weighted by Crippen LogP contribution is 2.43. The smallest absolute Gasteiger partial charge is 0.0456 e. The monoisotopic (exact) mass is 401 g/mol. The van der Waals surface area contributed by atoms with E-state index in [-0.39, 0.29) is 5.54 Å². The molecule has 1 aliphatic heterocycles. The molecule has 2 aromatic carbocycles. The fourth-order valence-corrected chi connectivity index (χ4v) is 6.20. The zero-order chi connectivity index (χ0) is 20.6. The fraction of sp³-hybridized carbons (Fsp3) is 0.481. The molecule has 0 bridgehead atoms. The third-order valence-corrected chi connectivity index (χ3v) is 8.06. The van der Waals surface area contributed by atoms with Crippen molar-refractivity contribution < 1.29 is 0 Å². The van der Waals surface area contributed by atoms with Crippen LogP contribution in [0.15, 0.2) is 60.8 Å². The topological polar surface area (TPSA) is 22.3 Å². The van der Waals surface area contributed by atoms with Crippen molar-refractivity contribution >= 4 is 10.9 Å². The standard InChI is InChI=1S/C27H35N3/c1-29(2)27(22-8-4-3-5-9-22)16-12-23(13-17-27)30-18-14-21(15-19-30)25-20-28-26-11-7-6-10-24(25)26/h3-11,20-21,23,28H,12-19H2,1-2H3. The van der Waals surface area contributed by atoms with Crippen LogP contribution < -0.4 is 0 Å². The summed E-state index contributed by atoms with van der Waals surface area (Å²) in [6.07, 6.45) is 9.98. The van der Waals surface area contributed by atoms with Gasteiger partial charge in [-0.3, -0.25) is 4.90 Å². The van der Waals surface area contributed by atoms with E-state index in [1.807, 2.05) is 0 Å². The maximum atomic E-state index is 3.48. The second-order valence-corrected chi connectivity index (χ2v) is 9.62. The number of rotatable bonds is 4. The summed E-state index contributed by atoms with van der Waals surface area (Å²) in [5.41, 5.74) is 4.51. The molecule has 30 heavy (non-hydrogen) atoms. The first-order valence-corrected chi connectivity index (χ1v) is 11.7. The summed E-state index contributed by atoms with van der Waals surface area (Å²) in [5, 5.41) is 1.42. The molecule has 0 unspecified atom stereocenters. The van der Waals surface area contributed by atoms with Crippen molar-refractivity contribution in [1.29, 1.82) is 0 Å². The Kier molecular flexibility index (Phi) is 5.43. The minimum atomic E-state index is 0.208. The molecule has 2 aliphatic rings. The van der Waals surface area contributed by atoms with E-state index in [4.69, 9.17) is 0 Å². The summed E-state index contributed by atoms with van der Waals surface area (Å²) in [7, 11) is 4.53. The van der Waals surface area contributed by atoms with Gasteiger partial charge in [0.05, 0.1) is 0 Å². The summed E-state index contributed by atoms with van der Waals surface area (Å²) in [6, 6.07) is 20.7. The molecule has 0 radical (unpaired) electrons. The molecule has 3 nitrogen and oxygen atoms in total. The van der Waals surface area contributed by atoms with Crippen LogP contribution in [0.4, 0.5) is 0 Å². The van der Waals surface area contributed by atoms with E-state index in [1.54, 1.807) is 0 Å². The van der Waals surface area contributed by atoms with Gasteiger partial charge in [0.1, 0.15) is 0 Å². The lowest BCUT2D eigenvalue weighted by Gasteiger charge is -2.48. The molecule has 3 heteroatoms. The number of aromatic nitrogens is 1. The van der Waals surface area contributed by atoms with Crippen molar-refractivity contribution in [2.24, 2.45) is 0 Å². The number of nitrogens with zero attached hydrogens (tertiary/aromatic N) is 2. The highest BCUT2D eigenvalue weighted by molar-refractivity contribution is 5.83. The first kappa shape index (κ1) is 19.8. The lowest BCUT2D eigenvalue weighted by atomic mass is 9.73. The van der Waals surface area contributed by atoms with E-state index in [9.17, 15) is 0 Å². The van der Waals surface area contributed by atoms with E-state index in [2.05, 4.69) is 89.7 Å². The van der Waals surface area contributed by atoms with Gasteiger partial charge in [-0.1, -0.05) is 48.5 Å². The van der Waals surface area contributed by atoms with Gasteiger partial charge < -0.3 is 9.88 Å². The van der Waals surface area contributed by atoms with E-state index in [0.717, 1.165) is 6.04 Å². The molecule has 1 aliphatic carbocycles. The average molecular weight is 402 g/mol. The molecule has 1 saturated heterocycles. The van der Waals surface area contributed by atoms with Crippen LogP contribution in [0.1, 0.15) is 55.6 Å². The molecule has 1 saturated carbocycles. The Hall–Kier alpha value is -2.10. The van der Waals surface area contributed by atoms with Gasteiger partial charge in [0.25, 0.3) is 0 Å². The van der Waals surface area contributed by atoms with E-state index in [1.165, 1.54) is 73.6 Å². The normalized spacial score (nSPS) is 26.4. The van der Waals surface area contributed by atoms with Gasteiger partial charge >= 0.3 is 0 Å². The van der Waals surface area contributed by atoms with Crippen molar-refractivity contribution in [1.82, 2.24) is 14.8 Å². The molecule has 1 N–H and O–H groups in total. The van der Waals surface area contributed by atoms with Crippen LogP contribution in [0.3, 0.4) is 0 Å². The van der Waals surface area contributed by atoms with Crippen LogP contribution in [-0.2, 0) is 5.54 Å². The first-order chi connectivity index (χ1) is 14.7. The lowest BCUT2D eigenvalue weighted by Crippen LogP contribution is -2.50. The number of benzene rings is 2. The summed E-state index contributed by atoms with van der Waals surface area (Å²) in [6.45, 7) is 2.49. The molecule has 0 spiro atoms. The Morgan fingerprint density at radius 2 is 1.53 bits per heavy atom. The predicted octanol–water partition coefficient (Wildman–Crippen LogP) is 5.75. The quantitative estimate of drug-likeness (QED) is 0.601. The summed E-state index contributed by atoms with van der Waals surface area (Å²) in [4.78, 5) is 8.75. The molecule has 3 aromatic rings.